The SMILES string of the molecule is CCCN1C(=O)CC(SCCNC)C1=O. The second-order valence-electron chi connectivity index (χ2n) is 3.55. The number of carbonyl (C=O) groups is 2. The molecule has 86 valence electrons. The molecule has 0 aromatic rings. The van der Waals surface area contributed by atoms with Crippen LogP contribution in [0.25, 0.3) is 0 Å². The van der Waals surface area contributed by atoms with Gasteiger partial charge in [-0.1, -0.05) is 6.92 Å². The molecule has 4 nitrogen and oxygen atoms in total. The Morgan fingerprint density at radius 3 is 2.87 bits per heavy atom. The Hall–Kier alpha value is -0.550. The molecule has 0 radical (unpaired) electrons. The van der Waals surface area contributed by atoms with Gasteiger partial charge in [0.2, 0.25) is 11.8 Å². The minimum absolute atomic E-state index is 0.00273. The summed E-state index contributed by atoms with van der Waals surface area (Å²) in [5.41, 5.74) is 0. The van der Waals surface area contributed by atoms with Crippen molar-refractivity contribution in [2.45, 2.75) is 25.0 Å². The summed E-state index contributed by atoms with van der Waals surface area (Å²) in [6, 6.07) is 0. The molecule has 1 unspecified atom stereocenters. The van der Waals surface area contributed by atoms with E-state index >= 15 is 0 Å². The summed E-state index contributed by atoms with van der Waals surface area (Å²) >= 11 is 1.58. The van der Waals surface area contributed by atoms with E-state index in [-0.39, 0.29) is 17.1 Å². The lowest BCUT2D eigenvalue weighted by molar-refractivity contribution is -0.138. The Morgan fingerprint density at radius 2 is 2.27 bits per heavy atom. The van der Waals surface area contributed by atoms with Crippen LogP contribution < -0.4 is 5.32 Å². The third-order valence-electron chi connectivity index (χ3n) is 2.32. The lowest BCUT2D eigenvalue weighted by atomic mass is 10.4. The van der Waals surface area contributed by atoms with Crippen LogP contribution in [-0.4, -0.2) is 47.9 Å². The molecule has 5 heteroatoms. The van der Waals surface area contributed by atoms with Crippen LogP contribution in [0.2, 0.25) is 0 Å². The molecular formula is C10H18N2O2S. The fourth-order valence-electron chi connectivity index (χ4n) is 1.54. The average Bonchev–Trinajstić information content (AvgIpc) is 2.47. The topological polar surface area (TPSA) is 49.4 Å². The largest absolute Gasteiger partial charge is 0.319 e. The quantitative estimate of drug-likeness (QED) is 0.532. The predicted molar refractivity (Wildman–Crippen MR) is 61.8 cm³/mol. The number of amides is 2. The maximum absolute atomic E-state index is 11.8. The van der Waals surface area contributed by atoms with Crippen molar-refractivity contribution in [3.8, 4) is 0 Å². The molecule has 0 bridgehead atoms. The summed E-state index contributed by atoms with van der Waals surface area (Å²) in [7, 11) is 1.88. The maximum Gasteiger partial charge on any atom is 0.242 e. The summed E-state index contributed by atoms with van der Waals surface area (Å²) < 4.78 is 0. The molecule has 15 heavy (non-hydrogen) atoms. The molecule has 0 saturated carbocycles. The normalized spacial score (nSPS) is 21.5. The van der Waals surface area contributed by atoms with Gasteiger partial charge in [0, 0.05) is 25.3 Å². The molecule has 1 aliphatic heterocycles. The number of imide groups is 1. The standard InChI is InChI=1S/C10H18N2O2S/c1-3-5-12-9(13)7-8(10(12)14)15-6-4-11-2/h8,11H,3-7H2,1-2H3. The monoisotopic (exact) mass is 230 g/mol. The van der Waals surface area contributed by atoms with E-state index in [0.29, 0.717) is 13.0 Å². The zero-order chi connectivity index (χ0) is 11.3. The van der Waals surface area contributed by atoms with Crippen LogP contribution in [0.1, 0.15) is 19.8 Å². The average molecular weight is 230 g/mol. The summed E-state index contributed by atoms with van der Waals surface area (Å²) in [5.74, 6) is 0.868. The van der Waals surface area contributed by atoms with E-state index in [1.165, 1.54) is 4.90 Å². The van der Waals surface area contributed by atoms with Gasteiger partial charge < -0.3 is 5.32 Å². The molecular weight excluding hydrogens is 212 g/mol. The van der Waals surface area contributed by atoms with Gasteiger partial charge in [-0.3, -0.25) is 14.5 Å². The Kier molecular flexibility index (Phi) is 5.11. The molecule has 1 rings (SSSR count). The molecule has 1 atom stereocenters. The Bertz CT molecular complexity index is 246. The summed E-state index contributed by atoms with van der Waals surface area (Å²) in [5, 5.41) is 2.88. The van der Waals surface area contributed by atoms with Gasteiger partial charge in [-0.15, -0.1) is 11.8 Å². The number of hydrogen-bond donors (Lipinski definition) is 1. The molecule has 1 aliphatic rings. The van der Waals surface area contributed by atoms with Gasteiger partial charge in [-0.25, -0.2) is 0 Å². The van der Waals surface area contributed by atoms with Crippen molar-refractivity contribution in [3.63, 3.8) is 0 Å². The second-order valence-corrected chi connectivity index (χ2v) is 4.86. The third-order valence-corrected chi connectivity index (χ3v) is 3.53. The van der Waals surface area contributed by atoms with Crippen LogP contribution in [0.3, 0.4) is 0 Å². The fourth-order valence-corrected chi connectivity index (χ4v) is 2.68. The Balaban J connectivity index is 2.42. The van der Waals surface area contributed by atoms with Gasteiger partial charge in [0.15, 0.2) is 0 Å². The van der Waals surface area contributed by atoms with E-state index in [1.807, 2.05) is 14.0 Å². The first-order valence-electron chi connectivity index (χ1n) is 5.31. The molecule has 1 fully saturated rings. The minimum Gasteiger partial charge on any atom is -0.319 e. The highest BCUT2D eigenvalue weighted by atomic mass is 32.2. The first kappa shape index (κ1) is 12.5. The van der Waals surface area contributed by atoms with Crippen LogP contribution in [0, 0.1) is 0 Å². The van der Waals surface area contributed by atoms with Crippen molar-refractivity contribution in [1.82, 2.24) is 10.2 Å². The van der Waals surface area contributed by atoms with Gasteiger partial charge in [0.25, 0.3) is 0 Å². The van der Waals surface area contributed by atoms with Crippen LogP contribution >= 0.6 is 11.8 Å². The first-order chi connectivity index (χ1) is 7.20. The van der Waals surface area contributed by atoms with Crippen molar-refractivity contribution in [2.75, 3.05) is 25.9 Å². The minimum atomic E-state index is -0.141. The number of nitrogens with zero attached hydrogens (tertiary/aromatic N) is 1. The van der Waals surface area contributed by atoms with E-state index in [4.69, 9.17) is 0 Å². The number of carbonyl (C=O) groups excluding carboxylic acids is 2. The lowest BCUT2D eigenvalue weighted by Crippen LogP contribution is -2.32. The molecule has 0 aromatic carbocycles. The van der Waals surface area contributed by atoms with Crippen LogP contribution in [0.4, 0.5) is 0 Å². The second kappa shape index (κ2) is 6.12. The van der Waals surface area contributed by atoms with Crippen LogP contribution in [0.5, 0.6) is 0 Å². The van der Waals surface area contributed by atoms with E-state index in [1.54, 1.807) is 11.8 Å². The van der Waals surface area contributed by atoms with E-state index in [9.17, 15) is 9.59 Å². The van der Waals surface area contributed by atoms with Crippen molar-refractivity contribution in [2.24, 2.45) is 0 Å². The van der Waals surface area contributed by atoms with Crippen molar-refractivity contribution in [3.05, 3.63) is 0 Å². The van der Waals surface area contributed by atoms with Crippen molar-refractivity contribution in [1.29, 1.82) is 0 Å². The first-order valence-corrected chi connectivity index (χ1v) is 6.36. The molecule has 0 aliphatic carbocycles. The maximum atomic E-state index is 11.8. The number of rotatable bonds is 6. The number of likely N-dealkylation sites (tertiary alicyclic amines) is 1. The highest BCUT2D eigenvalue weighted by Crippen LogP contribution is 2.24. The summed E-state index contributed by atoms with van der Waals surface area (Å²) in [4.78, 5) is 24.7. The van der Waals surface area contributed by atoms with Gasteiger partial charge in [-0.05, 0) is 13.5 Å². The van der Waals surface area contributed by atoms with Crippen molar-refractivity contribution >= 4 is 23.6 Å². The fraction of sp³-hybridized carbons (Fsp3) is 0.800. The number of nitrogens with one attached hydrogen (secondary N) is 1. The molecule has 2 amide bonds. The smallest absolute Gasteiger partial charge is 0.242 e. The molecule has 0 spiro atoms. The zero-order valence-corrected chi connectivity index (χ0v) is 10.1. The number of hydrogen-bond acceptors (Lipinski definition) is 4. The molecule has 0 aromatic heterocycles. The summed E-state index contributed by atoms with van der Waals surface area (Å²) in [6.07, 6.45) is 1.22. The van der Waals surface area contributed by atoms with Gasteiger partial charge in [0.1, 0.15) is 0 Å². The van der Waals surface area contributed by atoms with Crippen LogP contribution in [-0.2, 0) is 9.59 Å². The van der Waals surface area contributed by atoms with E-state index < -0.39 is 0 Å². The third kappa shape index (κ3) is 3.21. The van der Waals surface area contributed by atoms with Gasteiger partial charge in [0.05, 0.1) is 5.25 Å². The van der Waals surface area contributed by atoms with Gasteiger partial charge >= 0.3 is 0 Å². The van der Waals surface area contributed by atoms with Crippen molar-refractivity contribution < 1.29 is 9.59 Å². The van der Waals surface area contributed by atoms with Gasteiger partial charge in [-0.2, -0.15) is 0 Å². The molecule has 1 heterocycles. The highest BCUT2D eigenvalue weighted by Gasteiger charge is 2.37. The lowest BCUT2D eigenvalue weighted by Gasteiger charge is -2.13. The molecule has 1 saturated heterocycles. The molecule has 1 N–H and O–H groups in total. The zero-order valence-electron chi connectivity index (χ0n) is 9.28. The summed E-state index contributed by atoms with van der Waals surface area (Å²) in [6.45, 7) is 3.42. The highest BCUT2D eigenvalue weighted by molar-refractivity contribution is 8.00. The van der Waals surface area contributed by atoms with E-state index in [0.717, 1.165) is 18.7 Å². The number of thioether (sulfide) groups is 1. The Labute approximate surface area is 94.8 Å². The van der Waals surface area contributed by atoms with E-state index in [2.05, 4.69) is 5.32 Å². The van der Waals surface area contributed by atoms with Crippen LogP contribution in [0.15, 0.2) is 0 Å². The Morgan fingerprint density at radius 1 is 1.53 bits per heavy atom. The predicted octanol–water partition coefficient (Wildman–Crippen LogP) is 0.476.